The SMILES string of the molecule is Cc1c(CBr)ccc2cc(CO)sc12. The zero-order valence-electron chi connectivity index (χ0n) is 7.88. The van der Waals surface area contributed by atoms with Crippen LogP contribution in [-0.2, 0) is 11.9 Å². The molecule has 1 heterocycles. The average Bonchev–Trinajstić information content (AvgIpc) is 2.62. The summed E-state index contributed by atoms with van der Waals surface area (Å²) >= 11 is 5.16. The molecule has 74 valence electrons. The van der Waals surface area contributed by atoms with Crippen LogP contribution in [0, 0.1) is 6.92 Å². The van der Waals surface area contributed by atoms with Gasteiger partial charge in [0.15, 0.2) is 0 Å². The number of thiophene rings is 1. The fraction of sp³-hybridized carbons (Fsp3) is 0.273. The molecule has 0 saturated heterocycles. The van der Waals surface area contributed by atoms with Crippen molar-refractivity contribution in [2.24, 2.45) is 0 Å². The van der Waals surface area contributed by atoms with Crippen molar-refractivity contribution in [1.82, 2.24) is 0 Å². The Morgan fingerprint density at radius 3 is 2.86 bits per heavy atom. The standard InChI is InChI=1S/C11H11BrOS/c1-7-9(5-12)3-2-8-4-10(6-13)14-11(7)8/h2-4,13H,5-6H2,1H3. The number of aliphatic hydroxyl groups is 1. The number of aryl methyl sites for hydroxylation is 1. The highest BCUT2D eigenvalue weighted by Gasteiger charge is 2.06. The maximum atomic E-state index is 9.06. The molecule has 3 heteroatoms. The molecule has 0 saturated carbocycles. The first-order valence-corrected chi connectivity index (χ1v) is 6.37. The molecule has 0 aliphatic rings. The summed E-state index contributed by atoms with van der Waals surface area (Å²) in [5, 5.41) is 11.2. The molecule has 0 unspecified atom stereocenters. The number of alkyl halides is 1. The molecule has 0 aliphatic heterocycles. The van der Waals surface area contributed by atoms with Gasteiger partial charge in [-0.15, -0.1) is 11.3 Å². The van der Waals surface area contributed by atoms with Gasteiger partial charge in [-0.2, -0.15) is 0 Å². The highest BCUT2D eigenvalue weighted by Crippen LogP contribution is 2.31. The van der Waals surface area contributed by atoms with Gasteiger partial charge < -0.3 is 5.11 Å². The first-order valence-electron chi connectivity index (χ1n) is 4.44. The topological polar surface area (TPSA) is 20.2 Å². The lowest BCUT2D eigenvalue weighted by atomic mass is 10.1. The van der Waals surface area contributed by atoms with Crippen LogP contribution in [0.15, 0.2) is 18.2 Å². The van der Waals surface area contributed by atoms with E-state index in [9.17, 15) is 0 Å². The quantitative estimate of drug-likeness (QED) is 0.827. The summed E-state index contributed by atoms with van der Waals surface area (Å²) in [6.45, 7) is 2.28. The molecule has 0 spiro atoms. The van der Waals surface area contributed by atoms with Gasteiger partial charge in [0.05, 0.1) is 6.61 Å². The summed E-state index contributed by atoms with van der Waals surface area (Å²) in [6.07, 6.45) is 0. The third-order valence-corrected chi connectivity index (χ3v) is 4.26. The lowest BCUT2D eigenvalue weighted by molar-refractivity contribution is 0.285. The van der Waals surface area contributed by atoms with Gasteiger partial charge in [-0.05, 0) is 29.5 Å². The Labute approximate surface area is 95.5 Å². The summed E-state index contributed by atoms with van der Waals surface area (Å²) in [7, 11) is 0. The van der Waals surface area contributed by atoms with Crippen molar-refractivity contribution in [2.45, 2.75) is 18.9 Å². The Morgan fingerprint density at radius 1 is 1.43 bits per heavy atom. The zero-order chi connectivity index (χ0) is 10.1. The first-order chi connectivity index (χ1) is 6.76. The van der Waals surface area contributed by atoms with Crippen LogP contribution in [0.1, 0.15) is 16.0 Å². The van der Waals surface area contributed by atoms with Crippen LogP contribution in [0.5, 0.6) is 0 Å². The van der Waals surface area contributed by atoms with E-state index in [1.165, 1.54) is 21.2 Å². The lowest BCUT2D eigenvalue weighted by Crippen LogP contribution is -1.82. The normalized spacial score (nSPS) is 11.1. The maximum Gasteiger partial charge on any atom is 0.0774 e. The van der Waals surface area contributed by atoms with E-state index < -0.39 is 0 Å². The van der Waals surface area contributed by atoms with E-state index in [1.807, 2.05) is 0 Å². The van der Waals surface area contributed by atoms with E-state index in [4.69, 9.17) is 5.11 Å². The number of hydrogen-bond acceptors (Lipinski definition) is 2. The van der Waals surface area contributed by atoms with Crippen LogP contribution < -0.4 is 0 Å². The Morgan fingerprint density at radius 2 is 2.21 bits per heavy atom. The van der Waals surface area contributed by atoms with Gasteiger partial charge in [0.1, 0.15) is 0 Å². The van der Waals surface area contributed by atoms with Crippen molar-refractivity contribution in [3.8, 4) is 0 Å². The zero-order valence-corrected chi connectivity index (χ0v) is 10.3. The monoisotopic (exact) mass is 270 g/mol. The third kappa shape index (κ3) is 1.60. The molecule has 0 bridgehead atoms. The summed E-state index contributed by atoms with van der Waals surface area (Å²) in [6, 6.07) is 6.32. The molecule has 2 rings (SSSR count). The van der Waals surface area contributed by atoms with E-state index in [0.29, 0.717) is 0 Å². The number of hydrogen-bond donors (Lipinski definition) is 1. The molecule has 0 fully saturated rings. The van der Waals surface area contributed by atoms with E-state index >= 15 is 0 Å². The molecular formula is C11H11BrOS. The predicted octanol–water partition coefficient (Wildman–Crippen LogP) is 3.60. The fourth-order valence-electron chi connectivity index (χ4n) is 1.56. The van der Waals surface area contributed by atoms with Crippen molar-refractivity contribution in [2.75, 3.05) is 0 Å². The minimum absolute atomic E-state index is 0.141. The Balaban J connectivity index is 2.68. The van der Waals surface area contributed by atoms with Gasteiger partial charge in [-0.25, -0.2) is 0 Å². The van der Waals surface area contributed by atoms with E-state index in [1.54, 1.807) is 11.3 Å². The van der Waals surface area contributed by atoms with Crippen LogP contribution in [0.3, 0.4) is 0 Å². The van der Waals surface area contributed by atoms with Crippen molar-refractivity contribution < 1.29 is 5.11 Å². The smallest absolute Gasteiger partial charge is 0.0774 e. The van der Waals surface area contributed by atoms with Gasteiger partial charge in [-0.1, -0.05) is 28.1 Å². The molecule has 1 aromatic carbocycles. The van der Waals surface area contributed by atoms with Crippen LogP contribution in [0.2, 0.25) is 0 Å². The van der Waals surface area contributed by atoms with Crippen LogP contribution in [-0.4, -0.2) is 5.11 Å². The first kappa shape index (κ1) is 10.1. The van der Waals surface area contributed by atoms with Crippen molar-refractivity contribution in [1.29, 1.82) is 0 Å². The largest absolute Gasteiger partial charge is 0.391 e. The molecular weight excluding hydrogens is 260 g/mol. The van der Waals surface area contributed by atoms with E-state index in [2.05, 4.69) is 41.1 Å². The molecule has 2 aromatic rings. The van der Waals surface area contributed by atoms with Crippen molar-refractivity contribution in [3.05, 3.63) is 34.2 Å². The van der Waals surface area contributed by atoms with E-state index in [-0.39, 0.29) is 6.61 Å². The molecule has 0 amide bonds. The number of benzene rings is 1. The Bertz CT molecular complexity index is 462. The molecule has 0 atom stereocenters. The molecule has 1 N–H and O–H groups in total. The third-order valence-electron chi connectivity index (χ3n) is 2.40. The van der Waals surface area contributed by atoms with Gasteiger partial charge in [0.2, 0.25) is 0 Å². The second-order valence-electron chi connectivity index (χ2n) is 3.27. The second kappa shape index (κ2) is 4.01. The van der Waals surface area contributed by atoms with Gasteiger partial charge in [0, 0.05) is 14.9 Å². The molecule has 14 heavy (non-hydrogen) atoms. The number of halogens is 1. The molecule has 0 aliphatic carbocycles. The molecule has 0 radical (unpaired) electrons. The minimum Gasteiger partial charge on any atom is -0.391 e. The van der Waals surface area contributed by atoms with Crippen LogP contribution in [0.25, 0.3) is 10.1 Å². The van der Waals surface area contributed by atoms with E-state index in [0.717, 1.165) is 10.2 Å². The van der Waals surface area contributed by atoms with Gasteiger partial charge >= 0.3 is 0 Å². The number of fused-ring (bicyclic) bond motifs is 1. The Kier molecular flexibility index (Phi) is 2.91. The lowest BCUT2D eigenvalue weighted by Gasteiger charge is -2.01. The Hall–Kier alpha value is -0.380. The highest BCUT2D eigenvalue weighted by molar-refractivity contribution is 9.08. The predicted molar refractivity (Wildman–Crippen MR) is 65.1 cm³/mol. The van der Waals surface area contributed by atoms with Gasteiger partial charge in [-0.3, -0.25) is 0 Å². The summed E-state index contributed by atoms with van der Waals surface area (Å²) < 4.78 is 1.30. The number of aliphatic hydroxyl groups excluding tert-OH is 1. The van der Waals surface area contributed by atoms with Gasteiger partial charge in [0.25, 0.3) is 0 Å². The van der Waals surface area contributed by atoms with Crippen molar-refractivity contribution >= 4 is 37.4 Å². The highest BCUT2D eigenvalue weighted by atomic mass is 79.9. The maximum absolute atomic E-state index is 9.06. The number of rotatable bonds is 2. The minimum atomic E-state index is 0.141. The van der Waals surface area contributed by atoms with Crippen LogP contribution >= 0.6 is 27.3 Å². The van der Waals surface area contributed by atoms with Crippen molar-refractivity contribution in [3.63, 3.8) is 0 Å². The fourth-order valence-corrected chi connectivity index (χ4v) is 3.21. The summed E-state index contributed by atoms with van der Waals surface area (Å²) in [5.41, 5.74) is 2.65. The van der Waals surface area contributed by atoms with Crippen LogP contribution in [0.4, 0.5) is 0 Å². The summed E-state index contributed by atoms with van der Waals surface area (Å²) in [4.78, 5) is 1.04. The molecule has 1 aromatic heterocycles. The molecule has 1 nitrogen and oxygen atoms in total. The summed E-state index contributed by atoms with van der Waals surface area (Å²) in [5.74, 6) is 0. The average molecular weight is 271 g/mol. The second-order valence-corrected chi connectivity index (χ2v) is 4.97.